The maximum Gasteiger partial charge on any atom is 0.255 e. The van der Waals surface area contributed by atoms with Crippen molar-refractivity contribution in [3.05, 3.63) is 93.6 Å². The first-order valence-corrected chi connectivity index (χ1v) is 10.3. The Bertz CT molecular complexity index is 1390. The molecule has 1 aromatic heterocycles. The molecule has 1 unspecified atom stereocenters. The summed E-state index contributed by atoms with van der Waals surface area (Å²) in [4.78, 5) is 26.2. The molecule has 5 rings (SSSR count). The lowest BCUT2D eigenvalue weighted by Gasteiger charge is -2.16. The molecular formula is C26H21NO5. The van der Waals surface area contributed by atoms with E-state index >= 15 is 0 Å². The fourth-order valence-corrected chi connectivity index (χ4v) is 3.89. The number of fused-ring (bicyclic) bond motifs is 2. The van der Waals surface area contributed by atoms with Crippen molar-refractivity contribution in [2.24, 2.45) is 0 Å². The molecule has 0 saturated heterocycles. The molecule has 160 valence electrons. The molecule has 0 radical (unpaired) electrons. The lowest BCUT2D eigenvalue weighted by atomic mass is 10.0. The zero-order valence-electron chi connectivity index (χ0n) is 17.7. The summed E-state index contributed by atoms with van der Waals surface area (Å²) >= 11 is 0. The summed E-state index contributed by atoms with van der Waals surface area (Å²) in [6.45, 7) is 3.82. The molecule has 2 heterocycles. The van der Waals surface area contributed by atoms with Gasteiger partial charge in [-0.05, 0) is 43.7 Å². The lowest BCUT2D eigenvalue weighted by molar-refractivity contribution is 0.0940. The van der Waals surface area contributed by atoms with Gasteiger partial charge in [0.2, 0.25) is 6.79 Å². The van der Waals surface area contributed by atoms with Crippen molar-refractivity contribution in [2.45, 2.75) is 19.9 Å². The Morgan fingerprint density at radius 2 is 1.75 bits per heavy atom. The van der Waals surface area contributed by atoms with E-state index in [2.05, 4.69) is 5.32 Å². The number of benzene rings is 3. The van der Waals surface area contributed by atoms with Crippen molar-refractivity contribution in [3.8, 4) is 22.8 Å². The van der Waals surface area contributed by atoms with Crippen LogP contribution in [0, 0.1) is 6.92 Å². The number of ether oxygens (including phenoxy) is 2. The fraction of sp³-hybridized carbons (Fsp3) is 0.154. The second-order valence-corrected chi connectivity index (χ2v) is 7.74. The number of para-hydroxylation sites is 1. The Morgan fingerprint density at radius 3 is 2.56 bits per heavy atom. The molecule has 0 fully saturated rings. The third-order valence-corrected chi connectivity index (χ3v) is 5.67. The highest BCUT2D eigenvalue weighted by Crippen LogP contribution is 2.34. The first-order chi connectivity index (χ1) is 15.5. The van der Waals surface area contributed by atoms with Crippen LogP contribution in [-0.2, 0) is 0 Å². The highest BCUT2D eigenvalue weighted by molar-refractivity contribution is 6.05. The van der Waals surface area contributed by atoms with Gasteiger partial charge in [0.05, 0.1) is 17.0 Å². The zero-order valence-corrected chi connectivity index (χ0v) is 17.7. The van der Waals surface area contributed by atoms with Gasteiger partial charge in [-0.1, -0.05) is 42.5 Å². The maximum absolute atomic E-state index is 13.2. The van der Waals surface area contributed by atoms with Crippen LogP contribution in [0.5, 0.6) is 11.5 Å². The highest BCUT2D eigenvalue weighted by Gasteiger charge is 2.21. The van der Waals surface area contributed by atoms with Crippen LogP contribution in [0.25, 0.3) is 22.3 Å². The van der Waals surface area contributed by atoms with Gasteiger partial charge in [0.25, 0.3) is 5.91 Å². The molecule has 1 amide bonds. The third kappa shape index (κ3) is 3.39. The van der Waals surface area contributed by atoms with Crippen molar-refractivity contribution < 1.29 is 18.7 Å². The summed E-state index contributed by atoms with van der Waals surface area (Å²) in [7, 11) is 0. The second-order valence-electron chi connectivity index (χ2n) is 7.74. The number of amides is 1. The van der Waals surface area contributed by atoms with Crippen LogP contribution < -0.4 is 20.2 Å². The van der Waals surface area contributed by atoms with Gasteiger partial charge < -0.3 is 19.2 Å². The number of hydrogen-bond donors (Lipinski definition) is 1. The Balaban J connectivity index is 1.53. The van der Waals surface area contributed by atoms with Crippen LogP contribution in [0.2, 0.25) is 0 Å². The van der Waals surface area contributed by atoms with Crippen LogP contribution in [0.15, 0.2) is 75.9 Å². The average molecular weight is 427 g/mol. The number of rotatable bonds is 4. The largest absolute Gasteiger partial charge is 0.455 e. The number of carbonyl (C=O) groups is 1. The molecule has 0 aliphatic carbocycles. The van der Waals surface area contributed by atoms with Crippen LogP contribution in [0.1, 0.15) is 34.5 Å². The molecule has 1 N–H and O–H groups in total. The van der Waals surface area contributed by atoms with E-state index in [1.54, 1.807) is 25.1 Å². The van der Waals surface area contributed by atoms with Crippen LogP contribution in [0.3, 0.4) is 0 Å². The minimum atomic E-state index is -0.327. The Hall–Kier alpha value is -4.06. The van der Waals surface area contributed by atoms with Gasteiger partial charge in [0.1, 0.15) is 5.76 Å². The molecule has 0 saturated carbocycles. The maximum atomic E-state index is 13.2. The SMILES string of the molecule is Cc1c(-c2ccccc2)oc2c(C(=O)NC(C)c3ccc4c(c3)OCO4)cccc2c1=O. The van der Waals surface area contributed by atoms with Gasteiger partial charge in [0, 0.05) is 11.1 Å². The van der Waals surface area contributed by atoms with Gasteiger partial charge >= 0.3 is 0 Å². The third-order valence-electron chi connectivity index (χ3n) is 5.67. The molecular weight excluding hydrogens is 406 g/mol. The summed E-state index contributed by atoms with van der Waals surface area (Å²) in [5.41, 5.74) is 2.61. The van der Waals surface area contributed by atoms with E-state index in [0.29, 0.717) is 33.8 Å². The van der Waals surface area contributed by atoms with Crippen molar-refractivity contribution in [1.29, 1.82) is 0 Å². The standard InChI is InChI=1S/C26H21NO5/c1-15-23(28)19-9-6-10-20(25(19)32-24(15)17-7-4-3-5-8-17)26(29)27-16(2)18-11-12-21-22(13-18)31-14-30-21/h3-13,16H,14H2,1-2H3,(H,27,29). The minimum absolute atomic E-state index is 0.149. The molecule has 0 bridgehead atoms. The molecule has 4 aromatic rings. The summed E-state index contributed by atoms with van der Waals surface area (Å²) < 4.78 is 16.9. The van der Waals surface area contributed by atoms with Gasteiger partial charge in [-0.2, -0.15) is 0 Å². The number of nitrogens with one attached hydrogen (secondary N) is 1. The number of hydrogen-bond acceptors (Lipinski definition) is 5. The minimum Gasteiger partial charge on any atom is -0.455 e. The first-order valence-electron chi connectivity index (χ1n) is 10.3. The van der Waals surface area contributed by atoms with E-state index in [1.165, 1.54) is 0 Å². The molecule has 1 atom stereocenters. The monoisotopic (exact) mass is 427 g/mol. The zero-order chi connectivity index (χ0) is 22.2. The predicted octanol–water partition coefficient (Wildman–Crippen LogP) is 4.99. The van der Waals surface area contributed by atoms with Gasteiger partial charge in [-0.3, -0.25) is 9.59 Å². The van der Waals surface area contributed by atoms with E-state index in [1.807, 2.05) is 55.5 Å². The van der Waals surface area contributed by atoms with E-state index in [0.717, 1.165) is 11.1 Å². The molecule has 1 aliphatic rings. The van der Waals surface area contributed by atoms with Crippen LogP contribution in [-0.4, -0.2) is 12.7 Å². The van der Waals surface area contributed by atoms with Crippen molar-refractivity contribution >= 4 is 16.9 Å². The smallest absolute Gasteiger partial charge is 0.255 e. The van der Waals surface area contributed by atoms with Crippen LogP contribution in [0.4, 0.5) is 0 Å². The van der Waals surface area contributed by atoms with E-state index in [9.17, 15) is 9.59 Å². The average Bonchev–Trinajstić information content (AvgIpc) is 3.29. The molecule has 0 spiro atoms. The summed E-state index contributed by atoms with van der Waals surface area (Å²) in [6.07, 6.45) is 0. The van der Waals surface area contributed by atoms with Gasteiger partial charge in [-0.25, -0.2) is 0 Å². The molecule has 3 aromatic carbocycles. The topological polar surface area (TPSA) is 77.8 Å². The van der Waals surface area contributed by atoms with E-state index in [4.69, 9.17) is 13.9 Å². The first kappa shape index (κ1) is 19.9. The quantitative estimate of drug-likeness (QED) is 0.497. The van der Waals surface area contributed by atoms with E-state index < -0.39 is 0 Å². The molecule has 6 nitrogen and oxygen atoms in total. The molecule has 32 heavy (non-hydrogen) atoms. The Labute approximate surface area is 184 Å². The molecule has 6 heteroatoms. The van der Waals surface area contributed by atoms with Crippen molar-refractivity contribution in [2.75, 3.05) is 6.79 Å². The second kappa shape index (κ2) is 7.89. The van der Waals surface area contributed by atoms with Crippen LogP contribution >= 0.6 is 0 Å². The lowest BCUT2D eigenvalue weighted by Crippen LogP contribution is -2.27. The molecule has 1 aliphatic heterocycles. The Kier molecular flexibility index (Phi) is 4.90. The Morgan fingerprint density at radius 1 is 0.969 bits per heavy atom. The predicted molar refractivity (Wildman–Crippen MR) is 121 cm³/mol. The van der Waals surface area contributed by atoms with Gasteiger partial charge in [-0.15, -0.1) is 0 Å². The summed E-state index contributed by atoms with van der Waals surface area (Å²) in [6, 6.07) is 19.7. The van der Waals surface area contributed by atoms with Crippen molar-refractivity contribution in [3.63, 3.8) is 0 Å². The highest BCUT2D eigenvalue weighted by atomic mass is 16.7. The normalized spacial score (nSPS) is 13.2. The summed E-state index contributed by atoms with van der Waals surface area (Å²) in [5, 5.41) is 3.37. The van der Waals surface area contributed by atoms with Gasteiger partial charge in [0.15, 0.2) is 22.5 Å². The van der Waals surface area contributed by atoms with E-state index in [-0.39, 0.29) is 29.8 Å². The summed E-state index contributed by atoms with van der Waals surface area (Å²) in [5.74, 6) is 1.48. The van der Waals surface area contributed by atoms with Crippen molar-refractivity contribution in [1.82, 2.24) is 5.32 Å². The fourth-order valence-electron chi connectivity index (χ4n) is 3.89. The number of carbonyl (C=O) groups excluding carboxylic acids is 1.